The van der Waals surface area contributed by atoms with Crippen molar-refractivity contribution >= 4 is 15.9 Å². The van der Waals surface area contributed by atoms with E-state index in [1.54, 1.807) is 12.1 Å². The Morgan fingerprint density at radius 2 is 2.14 bits per heavy atom. The van der Waals surface area contributed by atoms with E-state index in [0.717, 1.165) is 19.3 Å². The summed E-state index contributed by atoms with van der Waals surface area (Å²) in [6, 6.07) is 6.22. The number of rotatable bonds is 5. The highest BCUT2D eigenvalue weighted by Crippen LogP contribution is 2.48. The number of benzene rings is 1. The first-order chi connectivity index (χ1) is 10.5. The van der Waals surface area contributed by atoms with Gasteiger partial charge in [-0.2, -0.15) is 0 Å². The Morgan fingerprint density at radius 1 is 1.32 bits per heavy atom. The highest BCUT2D eigenvalue weighted by atomic mass is 32.2. The van der Waals surface area contributed by atoms with Gasteiger partial charge in [-0.25, -0.2) is 13.1 Å². The lowest BCUT2D eigenvalue weighted by atomic mass is 9.88. The molecule has 0 unspecified atom stereocenters. The molecule has 2 saturated carbocycles. The molecule has 0 aromatic heterocycles. The third-order valence-electron chi connectivity index (χ3n) is 4.74. The molecule has 1 aromatic rings. The first-order valence-corrected chi connectivity index (χ1v) is 9.27. The van der Waals surface area contributed by atoms with Crippen LogP contribution in [-0.4, -0.2) is 20.9 Å². The van der Waals surface area contributed by atoms with Gasteiger partial charge in [-0.1, -0.05) is 12.5 Å². The number of sulfonamides is 1. The van der Waals surface area contributed by atoms with E-state index in [1.165, 1.54) is 18.6 Å². The maximum absolute atomic E-state index is 12.4. The predicted molar refractivity (Wildman–Crippen MR) is 81.9 cm³/mol. The zero-order valence-electron chi connectivity index (χ0n) is 12.6. The predicted octanol–water partition coefficient (Wildman–Crippen LogP) is 2.33. The average molecular weight is 323 g/mol. The molecule has 0 aliphatic heterocycles. The van der Waals surface area contributed by atoms with Crippen molar-refractivity contribution in [1.82, 2.24) is 4.72 Å². The minimum absolute atomic E-state index is 0.0648. The quantitative estimate of drug-likeness (QED) is 0.902. The lowest BCUT2D eigenvalue weighted by molar-refractivity contribution is -0.124. The summed E-state index contributed by atoms with van der Waals surface area (Å²) in [7, 11) is -3.83. The third-order valence-corrected chi connectivity index (χ3v) is 6.08. The molecule has 120 valence electrons. The first kappa shape index (κ1) is 15.3. The van der Waals surface area contributed by atoms with Crippen LogP contribution in [0.15, 0.2) is 29.2 Å². The van der Waals surface area contributed by atoms with Gasteiger partial charge in [0.25, 0.3) is 10.0 Å². The van der Waals surface area contributed by atoms with Gasteiger partial charge in [-0.15, -0.1) is 0 Å². The minimum Gasteiger partial charge on any atom is -0.494 e. The van der Waals surface area contributed by atoms with Gasteiger partial charge in [0.1, 0.15) is 5.75 Å². The number of carbonyl (C=O) groups excluding carboxylic acids is 1. The zero-order valence-corrected chi connectivity index (χ0v) is 13.4. The van der Waals surface area contributed by atoms with Crippen molar-refractivity contribution in [1.29, 1.82) is 0 Å². The van der Waals surface area contributed by atoms with Gasteiger partial charge in [0.2, 0.25) is 5.91 Å². The van der Waals surface area contributed by atoms with Crippen LogP contribution in [0.3, 0.4) is 0 Å². The van der Waals surface area contributed by atoms with Crippen molar-refractivity contribution < 1.29 is 17.9 Å². The van der Waals surface area contributed by atoms with E-state index >= 15 is 0 Å². The largest absolute Gasteiger partial charge is 0.494 e. The van der Waals surface area contributed by atoms with Crippen molar-refractivity contribution in [3.8, 4) is 5.75 Å². The molecule has 5 nitrogen and oxygen atoms in total. The molecule has 1 amide bonds. The standard InChI is InChI=1S/C16H21NO4S/c1-2-21-13-4-3-5-14(10-13)22(19,20)17-16(18)15-9-11-6-7-12(15)8-11/h3-5,10-12,15H,2,6-9H2,1H3,(H,17,18)/t11-,12-,15-/m0/s1. The van der Waals surface area contributed by atoms with Crippen molar-refractivity contribution in [2.24, 2.45) is 17.8 Å². The summed E-state index contributed by atoms with van der Waals surface area (Å²) in [5, 5.41) is 0. The van der Waals surface area contributed by atoms with Crippen molar-refractivity contribution in [2.75, 3.05) is 6.61 Å². The molecule has 2 bridgehead atoms. The van der Waals surface area contributed by atoms with E-state index < -0.39 is 10.0 Å². The molecule has 2 aliphatic rings. The average Bonchev–Trinajstić information content (AvgIpc) is 3.10. The summed E-state index contributed by atoms with van der Waals surface area (Å²) in [4.78, 5) is 12.4. The molecule has 0 saturated heterocycles. The van der Waals surface area contributed by atoms with Crippen LogP contribution in [0.4, 0.5) is 0 Å². The molecule has 0 radical (unpaired) electrons. The molecular formula is C16H21NO4S. The second-order valence-corrected chi connectivity index (χ2v) is 7.84. The maximum Gasteiger partial charge on any atom is 0.264 e. The molecule has 1 aromatic carbocycles. The number of hydrogen-bond acceptors (Lipinski definition) is 4. The van der Waals surface area contributed by atoms with E-state index in [9.17, 15) is 13.2 Å². The number of nitrogens with one attached hydrogen (secondary N) is 1. The summed E-state index contributed by atoms with van der Waals surface area (Å²) in [5.74, 6) is 0.940. The topological polar surface area (TPSA) is 72.5 Å². The van der Waals surface area contributed by atoms with Gasteiger partial charge >= 0.3 is 0 Å². The van der Waals surface area contributed by atoms with E-state index in [2.05, 4.69) is 4.72 Å². The van der Waals surface area contributed by atoms with E-state index in [4.69, 9.17) is 4.74 Å². The monoisotopic (exact) mass is 323 g/mol. The Bertz CT molecular complexity index is 670. The summed E-state index contributed by atoms with van der Waals surface area (Å²) in [6.45, 7) is 2.29. The molecule has 2 aliphatic carbocycles. The fourth-order valence-corrected chi connectivity index (χ4v) is 4.79. The zero-order chi connectivity index (χ0) is 15.7. The highest BCUT2D eigenvalue weighted by molar-refractivity contribution is 7.90. The molecule has 3 atom stereocenters. The van der Waals surface area contributed by atoms with Gasteiger partial charge in [-0.3, -0.25) is 4.79 Å². The number of amides is 1. The summed E-state index contributed by atoms with van der Waals surface area (Å²) in [6.07, 6.45) is 4.11. The Balaban J connectivity index is 1.73. The van der Waals surface area contributed by atoms with Crippen molar-refractivity contribution in [2.45, 2.75) is 37.5 Å². The molecule has 0 heterocycles. The highest BCUT2D eigenvalue weighted by Gasteiger charge is 2.43. The number of carbonyl (C=O) groups is 1. The Labute approximate surface area is 131 Å². The van der Waals surface area contributed by atoms with Crippen LogP contribution in [0.25, 0.3) is 0 Å². The third kappa shape index (κ3) is 2.97. The van der Waals surface area contributed by atoms with Crippen molar-refractivity contribution in [3.05, 3.63) is 24.3 Å². The number of ether oxygens (including phenoxy) is 1. The molecule has 0 spiro atoms. The Hall–Kier alpha value is -1.56. The lowest BCUT2D eigenvalue weighted by Gasteiger charge is -2.20. The summed E-state index contributed by atoms with van der Waals surface area (Å²) in [5.41, 5.74) is 0. The summed E-state index contributed by atoms with van der Waals surface area (Å²) < 4.78 is 32.3. The number of fused-ring (bicyclic) bond motifs is 2. The van der Waals surface area contributed by atoms with Gasteiger partial charge in [-0.05, 0) is 50.2 Å². The summed E-state index contributed by atoms with van der Waals surface area (Å²) >= 11 is 0. The van der Waals surface area contributed by atoms with E-state index in [-0.39, 0.29) is 16.7 Å². The van der Waals surface area contributed by atoms with Crippen LogP contribution >= 0.6 is 0 Å². The fourth-order valence-electron chi connectivity index (χ4n) is 3.73. The molecule has 3 rings (SSSR count). The molecule has 6 heteroatoms. The molecule has 2 fully saturated rings. The van der Waals surface area contributed by atoms with Crippen LogP contribution in [0.5, 0.6) is 5.75 Å². The smallest absolute Gasteiger partial charge is 0.264 e. The van der Waals surface area contributed by atoms with E-state index in [1.807, 2.05) is 6.92 Å². The first-order valence-electron chi connectivity index (χ1n) is 7.79. The Kier molecular flexibility index (Phi) is 4.12. The van der Waals surface area contributed by atoms with Crippen LogP contribution in [-0.2, 0) is 14.8 Å². The van der Waals surface area contributed by atoms with Gasteiger partial charge < -0.3 is 4.74 Å². The van der Waals surface area contributed by atoms with Gasteiger partial charge in [0, 0.05) is 12.0 Å². The maximum atomic E-state index is 12.4. The number of hydrogen-bond donors (Lipinski definition) is 1. The second kappa shape index (κ2) is 5.91. The van der Waals surface area contributed by atoms with Crippen molar-refractivity contribution in [3.63, 3.8) is 0 Å². The molecule has 1 N–H and O–H groups in total. The SMILES string of the molecule is CCOc1cccc(S(=O)(=O)NC(=O)[C@H]2C[C@H]3CC[C@H]2C3)c1. The second-order valence-electron chi connectivity index (χ2n) is 6.16. The van der Waals surface area contributed by atoms with Crippen LogP contribution in [0, 0.1) is 17.8 Å². The van der Waals surface area contributed by atoms with Crippen LogP contribution in [0.1, 0.15) is 32.6 Å². The van der Waals surface area contributed by atoms with Crippen LogP contribution < -0.4 is 9.46 Å². The Morgan fingerprint density at radius 3 is 2.77 bits per heavy atom. The normalized spacial score (nSPS) is 26.9. The van der Waals surface area contributed by atoms with Gasteiger partial charge in [0.05, 0.1) is 11.5 Å². The van der Waals surface area contributed by atoms with Gasteiger partial charge in [0.15, 0.2) is 0 Å². The lowest BCUT2D eigenvalue weighted by Crippen LogP contribution is -2.37. The van der Waals surface area contributed by atoms with E-state index in [0.29, 0.717) is 24.2 Å². The minimum atomic E-state index is -3.83. The van der Waals surface area contributed by atoms with Crippen LogP contribution in [0.2, 0.25) is 0 Å². The fraction of sp³-hybridized carbons (Fsp3) is 0.562. The molecule has 22 heavy (non-hydrogen) atoms. The molecular weight excluding hydrogens is 302 g/mol.